The van der Waals surface area contributed by atoms with Crippen molar-refractivity contribution in [3.63, 3.8) is 0 Å². The van der Waals surface area contributed by atoms with Gasteiger partial charge in [-0.3, -0.25) is 0 Å². The molecule has 2 heteroatoms. The predicted octanol–water partition coefficient (Wildman–Crippen LogP) is 8.19. The Kier molecular flexibility index (Phi) is 8.41. The van der Waals surface area contributed by atoms with Crippen molar-refractivity contribution in [3.8, 4) is 22.6 Å². The molecule has 2 unspecified atom stereocenters. The van der Waals surface area contributed by atoms with Crippen LogP contribution in [-0.2, 0) is 12.8 Å². The van der Waals surface area contributed by atoms with Crippen LogP contribution in [0.3, 0.4) is 0 Å². The number of rotatable bonds is 9. The van der Waals surface area contributed by atoms with E-state index in [1.165, 1.54) is 33.4 Å². The first-order valence-electron chi connectivity index (χ1n) is 11.8. The minimum absolute atomic E-state index is 0.350. The largest absolute Gasteiger partial charge is 0.508 e. The summed E-state index contributed by atoms with van der Waals surface area (Å²) in [5.41, 5.74) is 7.49. The van der Waals surface area contributed by atoms with Crippen molar-refractivity contribution >= 4 is 0 Å². The Morgan fingerprint density at radius 3 is 1.20 bits per heavy atom. The Bertz CT molecular complexity index is 777. The lowest BCUT2D eigenvalue weighted by Gasteiger charge is -2.27. The first-order valence-corrected chi connectivity index (χ1v) is 11.8. The van der Waals surface area contributed by atoms with E-state index in [1.54, 1.807) is 0 Å². The lowest BCUT2D eigenvalue weighted by Crippen LogP contribution is -2.09. The summed E-state index contributed by atoms with van der Waals surface area (Å²) >= 11 is 0. The number of phenols is 2. The molecule has 0 aliphatic heterocycles. The van der Waals surface area contributed by atoms with Gasteiger partial charge in [0.05, 0.1) is 0 Å². The molecular formula is C28H42O2. The van der Waals surface area contributed by atoms with Crippen LogP contribution in [0.15, 0.2) is 24.3 Å². The fourth-order valence-electron chi connectivity index (χ4n) is 4.45. The van der Waals surface area contributed by atoms with Gasteiger partial charge in [0.15, 0.2) is 0 Å². The molecule has 0 saturated carbocycles. The summed E-state index contributed by atoms with van der Waals surface area (Å²) in [5.74, 6) is 2.41. The highest BCUT2D eigenvalue weighted by Crippen LogP contribution is 2.45. The second kappa shape index (κ2) is 10.4. The summed E-state index contributed by atoms with van der Waals surface area (Å²) in [7, 11) is 0. The summed E-state index contributed by atoms with van der Waals surface area (Å²) in [6.45, 7) is 17.9. The second-order valence-corrected chi connectivity index (χ2v) is 9.95. The summed E-state index contributed by atoms with van der Waals surface area (Å²) in [4.78, 5) is 0. The molecule has 0 radical (unpaired) electrons. The molecule has 166 valence electrons. The quantitative estimate of drug-likeness (QED) is 0.437. The van der Waals surface area contributed by atoms with Crippen LogP contribution < -0.4 is 0 Å². The number of phenolic OH excluding ortho intramolecular Hbond substituents is 2. The van der Waals surface area contributed by atoms with Gasteiger partial charge in [-0.1, -0.05) is 55.4 Å². The average molecular weight is 411 g/mol. The van der Waals surface area contributed by atoms with E-state index in [0.29, 0.717) is 35.2 Å². The number of hydrogen-bond acceptors (Lipinski definition) is 2. The third-order valence-corrected chi connectivity index (χ3v) is 6.26. The third kappa shape index (κ3) is 5.59. The van der Waals surface area contributed by atoms with E-state index in [1.807, 2.05) is 24.3 Å². The molecule has 0 aliphatic rings. The Morgan fingerprint density at radius 1 is 0.600 bits per heavy atom. The van der Waals surface area contributed by atoms with Gasteiger partial charge in [0, 0.05) is 0 Å². The SMILES string of the molecule is CCC(C)c1cc(O)cc(CC(C)C)c1-c1c(CC(C)C)cc(O)cc1C(C)CC. The highest BCUT2D eigenvalue weighted by molar-refractivity contribution is 5.80. The predicted molar refractivity (Wildman–Crippen MR) is 130 cm³/mol. The van der Waals surface area contributed by atoms with Gasteiger partial charge in [0.2, 0.25) is 0 Å². The molecule has 2 aromatic carbocycles. The molecule has 0 bridgehead atoms. The minimum atomic E-state index is 0.350. The smallest absolute Gasteiger partial charge is 0.116 e. The Balaban J connectivity index is 2.99. The number of hydrogen-bond donors (Lipinski definition) is 2. The van der Waals surface area contributed by atoms with E-state index in [-0.39, 0.29) is 0 Å². The summed E-state index contributed by atoms with van der Waals surface area (Å²) < 4.78 is 0. The maximum atomic E-state index is 10.6. The molecule has 2 rings (SSSR count). The number of aromatic hydroxyl groups is 2. The van der Waals surface area contributed by atoms with Crippen molar-refractivity contribution in [2.24, 2.45) is 11.8 Å². The van der Waals surface area contributed by atoms with E-state index in [9.17, 15) is 10.2 Å². The van der Waals surface area contributed by atoms with Crippen molar-refractivity contribution in [1.82, 2.24) is 0 Å². The zero-order valence-electron chi connectivity index (χ0n) is 20.3. The van der Waals surface area contributed by atoms with Gasteiger partial charge in [-0.25, -0.2) is 0 Å². The molecule has 0 aromatic heterocycles. The molecule has 0 fully saturated rings. The van der Waals surface area contributed by atoms with E-state index in [4.69, 9.17) is 0 Å². The van der Waals surface area contributed by atoms with Gasteiger partial charge in [-0.15, -0.1) is 0 Å². The molecule has 2 N–H and O–H groups in total. The highest BCUT2D eigenvalue weighted by atomic mass is 16.3. The Hall–Kier alpha value is -1.96. The summed E-state index contributed by atoms with van der Waals surface area (Å²) in [6.07, 6.45) is 3.89. The molecule has 2 aromatic rings. The molecule has 0 spiro atoms. The third-order valence-electron chi connectivity index (χ3n) is 6.26. The van der Waals surface area contributed by atoms with Gasteiger partial charge in [0.1, 0.15) is 11.5 Å². The maximum absolute atomic E-state index is 10.6. The molecule has 2 nitrogen and oxygen atoms in total. The lowest BCUT2D eigenvalue weighted by atomic mass is 9.77. The van der Waals surface area contributed by atoms with Gasteiger partial charge >= 0.3 is 0 Å². The fourth-order valence-corrected chi connectivity index (χ4v) is 4.45. The molecule has 0 saturated heterocycles. The van der Waals surface area contributed by atoms with Crippen LogP contribution in [0.2, 0.25) is 0 Å². The molecule has 0 amide bonds. The van der Waals surface area contributed by atoms with Crippen LogP contribution in [0.5, 0.6) is 11.5 Å². The van der Waals surface area contributed by atoms with Crippen LogP contribution in [0.1, 0.15) is 102 Å². The first kappa shape index (κ1) is 24.3. The summed E-state index contributed by atoms with van der Waals surface area (Å²) in [6, 6.07) is 7.88. The zero-order valence-corrected chi connectivity index (χ0v) is 20.3. The van der Waals surface area contributed by atoms with E-state index in [2.05, 4.69) is 55.4 Å². The minimum Gasteiger partial charge on any atom is -0.508 e. The normalized spacial score (nSPS) is 13.8. The second-order valence-electron chi connectivity index (χ2n) is 9.95. The van der Waals surface area contributed by atoms with E-state index in [0.717, 1.165) is 25.7 Å². The van der Waals surface area contributed by atoms with Crippen LogP contribution in [0, 0.1) is 11.8 Å². The first-order chi connectivity index (χ1) is 14.1. The van der Waals surface area contributed by atoms with E-state index >= 15 is 0 Å². The molecule has 0 aliphatic carbocycles. The van der Waals surface area contributed by atoms with Crippen molar-refractivity contribution in [2.45, 2.75) is 92.9 Å². The Labute approximate surface area is 184 Å². The maximum Gasteiger partial charge on any atom is 0.116 e. The van der Waals surface area contributed by atoms with Gasteiger partial charge in [-0.05, 0) is 107 Å². The number of benzene rings is 2. The van der Waals surface area contributed by atoms with E-state index < -0.39 is 0 Å². The molecule has 0 heterocycles. The average Bonchev–Trinajstić information content (AvgIpc) is 2.65. The van der Waals surface area contributed by atoms with Crippen molar-refractivity contribution in [1.29, 1.82) is 0 Å². The molecular weight excluding hydrogens is 368 g/mol. The van der Waals surface area contributed by atoms with Crippen LogP contribution in [-0.4, -0.2) is 10.2 Å². The van der Waals surface area contributed by atoms with Gasteiger partial charge in [0.25, 0.3) is 0 Å². The molecule has 30 heavy (non-hydrogen) atoms. The van der Waals surface area contributed by atoms with Crippen molar-refractivity contribution in [3.05, 3.63) is 46.5 Å². The van der Waals surface area contributed by atoms with Gasteiger partial charge in [-0.2, -0.15) is 0 Å². The topological polar surface area (TPSA) is 40.5 Å². The Morgan fingerprint density at radius 2 is 0.933 bits per heavy atom. The fraction of sp³-hybridized carbons (Fsp3) is 0.571. The van der Waals surface area contributed by atoms with Crippen LogP contribution in [0.4, 0.5) is 0 Å². The highest BCUT2D eigenvalue weighted by Gasteiger charge is 2.24. The van der Waals surface area contributed by atoms with Crippen LogP contribution >= 0.6 is 0 Å². The molecule has 2 atom stereocenters. The lowest BCUT2D eigenvalue weighted by molar-refractivity contribution is 0.471. The van der Waals surface area contributed by atoms with Crippen molar-refractivity contribution in [2.75, 3.05) is 0 Å². The standard InChI is InChI=1S/C28H42O2/c1-9-19(7)25-15-23(29)13-21(11-17(3)4)27(25)28-22(12-18(5)6)14-24(30)16-26(28)20(8)10-2/h13-20,29-30H,9-12H2,1-8H3. The monoisotopic (exact) mass is 410 g/mol. The zero-order chi connectivity index (χ0) is 22.6. The summed E-state index contributed by atoms with van der Waals surface area (Å²) in [5, 5.41) is 21.1. The van der Waals surface area contributed by atoms with Crippen molar-refractivity contribution < 1.29 is 10.2 Å². The van der Waals surface area contributed by atoms with Gasteiger partial charge < -0.3 is 10.2 Å². The van der Waals surface area contributed by atoms with Crippen LogP contribution in [0.25, 0.3) is 11.1 Å².